The molecule has 0 radical (unpaired) electrons. The molecule has 23 heavy (non-hydrogen) atoms. The second kappa shape index (κ2) is 5.19. The zero-order valence-corrected chi connectivity index (χ0v) is 13.1. The zero-order valence-electron chi connectivity index (χ0n) is 13.1. The van der Waals surface area contributed by atoms with Crippen LogP contribution in [-0.2, 0) is 0 Å². The van der Waals surface area contributed by atoms with Gasteiger partial charge in [0.15, 0.2) is 5.65 Å². The van der Waals surface area contributed by atoms with E-state index in [9.17, 15) is 4.79 Å². The maximum atomic E-state index is 12.5. The van der Waals surface area contributed by atoms with Gasteiger partial charge in [0.25, 0.3) is 5.91 Å². The Morgan fingerprint density at radius 2 is 2.13 bits per heavy atom. The number of pyridine rings is 1. The second-order valence-corrected chi connectivity index (χ2v) is 6.16. The fraction of sp³-hybridized carbons (Fsp3) is 0.375. The molecule has 1 saturated heterocycles. The van der Waals surface area contributed by atoms with Crippen LogP contribution >= 0.6 is 0 Å². The number of fused-ring (bicyclic) bond motifs is 1. The third kappa shape index (κ3) is 2.28. The minimum Gasteiger partial charge on any atom is -0.334 e. The number of carbonyl (C=O) groups is 1. The van der Waals surface area contributed by atoms with Gasteiger partial charge in [-0.2, -0.15) is 5.10 Å². The number of amides is 1. The molecule has 0 saturated carbocycles. The zero-order chi connectivity index (χ0) is 16.0. The standard InChI is InChI=1S/C16H18N6O/c1-11(2)21-10-18-14-6-12(7-17-15(14)21)16(23)20-8-13(9-20)22-5-3-4-19-22/h3-7,10-11,13H,8-9H2,1-2H3. The summed E-state index contributed by atoms with van der Waals surface area (Å²) in [5, 5.41) is 4.22. The van der Waals surface area contributed by atoms with Crippen LogP contribution in [0.3, 0.4) is 0 Å². The van der Waals surface area contributed by atoms with Gasteiger partial charge in [0, 0.05) is 37.7 Å². The fourth-order valence-corrected chi connectivity index (χ4v) is 2.88. The van der Waals surface area contributed by atoms with Crippen molar-refractivity contribution in [1.82, 2.24) is 29.2 Å². The topological polar surface area (TPSA) is 68.8 Å². The summed E-state index contributed by atoms with van der Waals surface area (Å²) in [4.78, 5) is 23.1. The maximum absolute atomic E-state index is 12.5. The smallest absolute Gasteiger partial charge is 0.255 e. The van der Waals surface area contributed by atoms with Gasteiger partial charge >= 0.3 is 0 Å². The molecule has 118 valence electrons. The Balaban J connectivity index is 1.52. The first-order chi connectivity index (χ1) is 11.1. The van der Waals surface area contributed by atoms with Gasteiger partial charge in [-0.15, -0.1) is 0 Å². The van der Waals surface area contributed by atoms with Crippen LogP contribution in [0.1, 0.15) is 36.3 Å². The SMILES string of the molecule is CC(C)n1cnc2cc(C(=O)N3CC(n4cccn4)C3)cnc21. The van der Waals surface area contributed by atoms with E-state index in [0.29, 0.717) is 24.7 Å². The van der Waals surface area contributed by atoms with Crippen molar-refractivity contribution >= 4 is 17.1 Å². The Morgan fingerprint density at radius 1 is 1.30 bits per heavy atom. The first kappa shape index (κ1) is 13.9. The molecule has 3 aromatic rings. The van der Waals surface area contributed by atoms with E-state index in [0.717, 1.165) is 11.2 Å². The van der Waals surface area contributed by atoms with Gasteiger partial charge in [0.05, 0.1) is 17.9 Å². The molecule has 4 heterocycles. The molecule has 0 unspecified atom stereocenters. The van der Waals surface area contributed by atoms with Crippen molar-refractivity contribution in [2.24, 2.45) is 0 Å². The summed E-state index contributed by atoms with van der Waals surface area (Å²) in [7, 11) is 0. The lowest BCUT2D eigenvalue weighted by Gasteiger charge is -2.39. The molecule has 0 aliphatic carbocycles. The van der Waals surface area contributed by atoms with Crippen molar-refractivity contribution < 1.29 is 4.79 Å². The molecular weight excluding hydrogens is 292 g/mol. The quantitative estimate of drug-likeness (QED) is 0.741. The van der Waals surface area contributed by atoms with Gasteiger partial charge in [-0.1, -0.05) is 0 Å². The summed E-state index contributed by atoms with van der Waals surface area (Å²) < 4.78 is 3.90. The van der Waals surface area contributed by atoms with Gasteiger partial charge in [-0.3, -0.25) is 9.48 Å². The highest BCUT2D eigenvalue weighted by molar-refractivity contribution is 5.96. The van der Waals surface area contributed by atoms with Crippen molar-refractivity contribution in [3.8, 4) is 0 Å². The molecule has 0 N–H and O–H groups in total. The highest BCUT2D eigenvalue weighted by Gasteiger charge is 2.33. The van der Waals surface area contributed by atoms with Crippen LogP contribution in [0, 0.1) is 0 Å². The number of rotatable bonds is 3. The van der Waals surface area contributed by atoms with Gasteiger partial charge in [0.2, 0.25) is 0 Å². The largest absolute Gasteiger partial charge is 0.334 e. The monoisotopic (exact) mass is 310 g/mol. The molecule has 4 rings (SSSR count). The Kier molecular flexibility index (Phi) is 3.14. The van der Waals surface area contributed by atoms with E-state index in [1.165, 1.54) is 0 Å². The average molecular weight is 310 g/mol. The van der Waals surface area contributed by atoms with Crippen molar-refractivity contribution in [3.05, 3.63) is 42.6 Å². The predicted molar refractivity (Wildman–Crippen MR) is 85.1 cm³/mol. The summed E-state index contributed by atoms with van der Waals surface area (Å²) >= 11 is 0. The molecule has 0 spiro atoms. The molecule has 0 atom stereocenters. The Labute approximate surface area is 133 Å². The third-order valence-corrected chi connectivity index (χ3v) is 4.26. The van der Waals surface area contributed by atoms with E-state index < -0.39 is 0 Å². The van der Waals surface area contributed by atoms with Crippen LogP contribution in [0.2, 0.25) is 0 Å². The number of hydrogen-bond donors (Lipinski definition) is 0. The van der Waals surface area contributed by atoms with E-state index in [4.69, 9.17) is 0 Å². The van der Waals surface area contributed by atoms with Crippen molar-refractivity contribution in [2.75, 3.05) is 13.1 Å². The number of likely N-dealkylation sites (tertiary alicyclic amines) is 1. The number of aromatic nitrogens is 5. The molecule has 1 aliphatic heterocycles. The lowest BCUT2D eigenvalue weighted by atomic mass is 10.1. The molecule has 3 aromatic heterocycles. The van der Waals surface area contributed by atoms with Crippen LogP contribution < -0.4 is 0 Å². The number of hydrogen-bond acceptors (Lipinski definition) is 4. The fourth-order valence-electron chi connectivity index (χ4n) is 2.88. The van der Waals surface area contributed by atoms with Crippen LogP contribution in [0.4, 0.5) is 0 Å². The number of carbonyl (C=O) groups excluding carboxylic acids is 1. The van der Waals surface area contributed by atoms with Gasteiger partial charge in [-0.05, 0) is 26.0 Å². The number of imidazole rings is 1. The highest BCUT2D eigenvalue weighted by atomic mass is 16.2. The summed E-state index contributed by atoms with van der Waals surface area (Å²) in [5.41, 5.74) is 2.16. The van der Waals surface area contributed by atoms with Crippen LogP contribution in [0.15, 0.2) is 37.1 Å². The van der Waals surface area contributed by atoms with Gasteiger partial charge < -0.3 is 9.47 Å². The molecule has 1 aliphatic rings. The highest BCUT2D eigenvalue weighted by Crippen LogP contribution is 2.23. The summed E-state index contributed by atoms with van der Waals surface area (Å²) in [6, 6.07) is 4.28. The van der Waals surface area contributed by atoms with Crippen LogP contribution in [-0.4, -0.2) is 48.2 Å². The number of nitrogens with zero attached hydrogens (tertiary/aromatic N) is 6. The molecule has 0 aromatic carbocycles. The molecule has 1 amide bonds. The molecule has 0 bridgehead atoms. The van der Waals surface area contributed by atoms with Gasteiger partial charge in [0.1, 0.15) is 5.52 Å². The Bertz CT molecular complexity index is 845. The van der Waals surface area contributed by atoms with E-state index in [-0.39, 0.29) is 11.9 Å². The van der Waals surface area contributed by atoms with Crippen molar-refractivity contribution in [1.29, 1.82) is 0 Å². The van der Waals surface area contributed by atoms with Gasteiger partial charge in [-0.25, -0.2) is 9.97 Å². The average Bonchev–Trinajstić information content (AvgIpc) is 3.14. The van der Waals surface area contributed by atoms with E-state index in [2.05, 4.69) is 28.9 Å². The van der Waals surface area contributed by atoms with E-state index in [1.807, 2.05) is 32.5 Å². The van der Waals surface area contributed by atoms with Crippen molar-refractivity contribution in [3.63, 3.8) is 0 Å². The molecule has 1 fully saturated rings. The van der Waals surface area contributed by atoms with Crippen molar-refractivity contribution in [2.45, 2.75) is 25.9 Å². The molecule has 7 nitrogen and oxygen atoms in total. The predicted octanol–water partition coefficient (Wildman–Crippen LogP) is 1.91. The normalized spacial score (nSPS) is 15.3. The van der Waals surface area contributed by atoms with Crippen LogP contribution in [0.5, 0.6) is 0 Å². The maximum Gasteiger partial charge on any atom is 0.255 e. The van der Waals surface area contributed by atoms with E-state index in [1.54, 1.807) is 18.7 Å². The first-order valence-electron chi connectivity index (χ1n) is 7.74. The molecule has 7 heteroatoms. The Morgan fingerprint density at radius 3 is 2.83 bits per heavy atom. The Hall–Kier alpha value is -2.70. The second-order valence-electron chi connectivity index (χ2n) is 6.16. The summed E-state index contributed by atoms with van der Waals surface area (Å²) in [5.74, 6) is 0.00176. The third-order valence-electron chi connectivity index (χ3n) is 4.26. The lowest BCUT2D eigenvalue weighted by Crippen LogP contribution is -2.50. The minimum atomic E-state index is 0.00176. The summed E-state index contributed by atoms with van der Waals surface area (Å²) in [6.07, 6.45) is 7.10. The molecular formula is C16H18N6O. The minimum absolute atomic E-state index is 0.00176. The lowest BCUT2D eigenvalue weighted by molar-refractivity contribution is 0.0501. The van der Waals surface area contributed by atoms with Crippen LogP contribution in [0.25, 0.3) is 11.2 Å². The van der Waals surface area contributed by atoms with E-state index >= 15 is 0 Å². The first-order valence-corrected chi connectivity index (χ1v) is 7.74. The summed E-state index contributed by atoms with van der Waals surface area (Å²) in [6.45, 7) is 5.52.